The zero-order valence-electron chi connectivity index (χ0n) is 14.3. The monoisotopic (exact) mass is 307 g/mol. The van der Waals surface area contributed by atoms with E-state index >= 15 is 0 Å². The third-order valence-corrected chi connectivity index (χ3v) is 4.87. The molecule has 0 bridgehead atoms. The van der Waals surface area contributed by atoms with E-state index in [1.54, 1.807) is 0 Å². The smallest absolute Gasteiger partial charge is 0.127 e. The van der Waals surface area contributed by atoms with E-state index in [2.05, 4.69) is 49.7 Å². The number of nitrogens with one attached hydrogen (secondary N) is 1. The fraction of sp³-hybridized carbons (Fsp3) is 0.333. The highest BCUT2D eigenvalue weighted by Gasteiger charge is 2.24. The number of rotatable bonds is 3. The number of benzene rings is 1. The van der Waals surface area contributed by atoms with Gasteiger partial charge in [0.2, 0.25) is 0 Å². The van der Waals surface area contributed by atoms with E-state index in [0.717, 1.165) is 23.1 Å². The van der Waals surface area contributed by atoms with E-state index < -0.39 is 0 Å². The highest BCUT2D eigenvalue weighted by atomic mass is 16.5. The molecular formula is C21H25NO. The summed E-state index contributed by atoms with van der Waals surface area (Å²) in [5, 5.41) is 3.61. The molecule has 0 amide bonds. The summed E-state index contributed by atoms with van der Waals surface area (Å²) in [6, 6.07) is 6.90. The molecule has 23 heavy (non-hydrogen) atoms. The van der Waals surface area contributed by atoms with Gasteiger partial charge in [0.15, 0.2) is 0 Å². The van der Waals surface area contributed by atoms with Gasteiger partial charge in [0.05, 0.1) is 6.26 Å². The topological polar surface area (TPSA) is 21.3 Å². The molecule has 1 aliphatic carbocycles. The predicted octanol–water partition coefficient (Wildman–Crippen LogP) is 5.39. The Labute approximate surface area is 139 Å². The van der Waals surface area contributed by atoms with Crippen LogP contribution in [0.2, 0.25) is 0 Å². The lowest BCUT2D eigenvalue weighted by molar-refractivity contribution is 0.0992. The second-order valence-electron chi connectivity index (χ2n) is 6.98. The molecule has 1 fully saturated rings. The molecule has 2 aliphatic rings. The van der Waals surface area contributed by atoms with Gasteiger partial charge in [-0.2, -0.15) is 0 Å². The minimum absolute atomic E-state index is 0.367. The summed E-state index contributed by atoms with van der Waals surface area (Å²) in [6.07, 6.45) is 8.26. The molecule has 1 aliphatic heterocycles. The van der Waals surface area contributed by atoms with E-state index in [-0.39, 0.29) is 5.60 Å². The number of ether oxygens (including phenoxy) is 1. The van der Waals surface area contributed by atoms with Crippen molar-refractivity contribution < 1.29 is 4.74 Å². The van der Waals surface area contributed by atoms with Gasteiger partial charge >= 0.3 is 0 Å². The highest BCUT2D eigenvalue weighted by molar-refractivity contribution is 5.77. The number of anilines is 1. The second-order valence-corrected chi connectivity index (χ2v) is 6.98. The Morgan fingerprint density at radius 1 is 1.22 bits per heavy atom. The Bertz CT molecular complexity index is 721. The Balaban J connectivity index is 1.88. The van der Waals surface area contributed by atoms with Crippen LogP contribution in [0.3, 0.4) is 0 Å². The van der Waals surface area contributed by atoms with Crippen molar-refractivity contribution in [1.29, 1.82) is 0 Å². The fourth-order valence-electron chi connectivity index (χ4n) is 2.69. The zero-order valence-corrected chi connectivity index (χ0v) is 14.3. The molecule has 120 valence electrons. The van der Waals surface area contributed by atoms with Crippen molar-refractivity contribution in [2.45, 2.75) is 45.3 Å². The molecule has 0 saturated heterocycles. The maximum Gasteiger partial charge on any atom is 0.127 e. The van der Waals surface area contributed by atoms with E-state index in [1.807, 2.05) is 26.2 Å². The van der Waals surface area contributed by atoms with Crippen molar-refractivity contribution in [1.82, 2.24) is 0 Å². The van der Waals surface area contributed by atoms with Gasteiger partial charge in [-0.25, -0.2) is 0 Å². The van der Waals surface area contributed by atoms with Crippen LogP contribution in [0.15, 0.2) is 60.9 Å². The second kappa shape index (κ2) is 5.77. The number of allylic oxidation sites excluding steroid dienone is 2. The van der Waals surface area contributed by atoms with Gasteiger partial charge in [0.1, 0.15) is 5.60 Å². The lowest BCUT2D eigenvalue weighted by Gasteiger charge is -2.31. The van der Waals surface area contributed by atoms with Gasteiger partial charge in [0, 0.05) is 17.3 Å². The molecular weight excluding hydrogens is 282 g/mol. The van der Waals surface area contributed by atoms with Crippen LogP contribution in [0.1, 0.15) is 37.8 Å². The fourth-order valence-corrected chi connectivity index (χ4v) is 2.69. The molecule has 1 heterocycles. The average Bonchev–Trinajstić information content (AvgIpc) is 2.64. The van der Waals surface area contributed by atoms with Crippen LogP contribution >= 0.6 is 0 Å². The summed E-state index contributed by atoms with van der Waals surface area (Å²) in [6.45, 7) is 14.4. The SMILES string of the molecule is C=C1CCC1Nc1cc(C2=COC(C)(C)C(=C)C=C2)ccc1C. The largest absolute Gasteiger partial charge is 0.490 e. The lowest BCUT2D eigenvalue weighted by Crippen LogP contribution is -2.30. The van der Waals surface area contributed by atoms with Crippen LogP contribution in [0.4, 0.5) is 5.69 Å². The van der Waals surface area contributed by atoms with Crippen LogP contribution in [0.5, 0.6) is 0 Å². The third-order valence-electron chi connectivity index (χ3n) is 4.87. The normalized spacial score (nSPS) is 22.7. The van der Waals surface area contributed by atoms with Gasteiger partial charge in [-0.1, -0.05) is 43.0 Å². The molecule has 1 aromatic carbocycles. The van der Waals surface area contributed by atoms with Crippen molar-refractivity contribution in [2.75, 3.05) is 5.32 Å². The van der Waals surface area contributed by atoms with Crippen LogP contribution in [-0.2, 0) is 4.74 Å². The summed E-state index contributed by atoms with van der Waals surface area (Å²) in [5.74, 6) is 0. The van der Waals surface area contributed by atoms with Gasteiger partial charge in [-0.05, 0) is 56.4 Å². The Hall–Kier alpha value is -2.22. The molecule has 0 aromatic heterocycles. The maximum atomic E-state index is 5.91. The molecule has 0 radical (unpaired) electrons. The Kier molecular flexibility index (Phi) is 3.93. The summed E-state index contributed by atoms with van der Waals surface area (Å²) >= 11 is 0. The number of aryl methyl sites for hydroxylation is 1. The van der Waals surface area contributed by atoms with E-state index in [4.69, 9.17) is 4.74 Å². The first-order chi connectivity index (χ1) is 10.9. The number of hydrogen-bond acceptors (Lipinski definition) is 2. The molecule has 1 N–H and O–H groups in total. The molecule has 3 rings (SSSR count). The summed E-state index contributed by atoms with van der Waals surface area (Å²) in [7, 11) is 0. The molecule has 1 unspecified atom stereocenters. The maximum absolute atomic E-state index is 5.91. The zero-order chi connectivity index (χ0) is 16.6. The first kappa shape index (κ1) is 15.7. The first-order valence-corrected chi connectivity index (χ1v) is 8.17. The van der Waals surface area contributed by atoms with Crippen LogP contribution < -0.4 is 5.32 Å². The quantitative estimate of drug-likeness (QED) is 0.756. The Morgan fingerprint density at radius 3 is 2.65 bits per heavy atom. The minimum Gasteiger partial charge on any atom is -0.490 e. The van der Waals surface area contributed by atoms with Gasteiger partial charge in [-0.3, -0.25) is 0 Å². The van der Waals surface area contributed by atoms with Crippen LogP contribution in [-0.4, -0.2) is 11.6 Å². The molecule has 2 heteroatoms. The van der Waals surface area contributed by atoms with Crippen molar-refractivity contribution in [3.8, 4) is 0 Å². The minimum atomic E-state index is -0.367. The van der Waals surface area contributed by atoms with Crippen LogP contribution in [0.25, 0.3) is 5.57 Å². The van der Waals surface area contributed by atoms with Crippen molar-refractivity contribution >= 4 is 11.3 Å². The summed E-state index contributed by atoms with van der Waals surface area (Å²) < 4.78 is 5.91. The molecule has 1 saturated carbocycles. The van der Waals surface area contributed by atoms with Crippen molar-refractivity contribution in [3.05, 3.63) is 72.0 Å². The van der Waals surface area contributed by atoms with E-state index in [1.165, 1.54) is 23.2 Å². The number of hydrogen-bond donors (Lipinski definition) is 1. The van der Waals surface area contributed by atoms with Gasteiger partial charge < -0.3 is 10.1 Å². The van der Waals surface area contributed by atoms with Gasteiger partial charge in [-0.15, -0.1) is 0 Å². The lowest BCUT2D eigenvalue weighted by atomic mass is 9.87. The van der Waals surface area contributed by atoms with Gasteiger partial charge in [0.25, 0.3) is 0 Å². The molecule has 1 aromatic rings. The first-order valence-electron chi connectivity index (χ1n) is 8.17. The van der Waals surface area contributed by atoms with E-state index in [0.29, 0.717) is 6.04 Å². The Morgan fingerprint density at radius 2 is 2.00 bits per heavy atom. The highest BCUT2D eigenvalue weighted by Crippen LogP contribution is 2.32. The average molecular weight is 307 g/mol. The standard InChI is InChI=1S/C21H25NO/c1-14-7-11-19(14)22-20-12-17(9-6-15(20)2)18-10-8-16(3)21(4,5)23-13-18/h6,8-10,12-13,19,22H,1,3,7,11H2,2,4-5H3. The predicted molar refractivity (Wildman–Crippen MR) is 98.4 cm³/mol. The molecule has 2 nitrogen and oxygen atoms in total. The summed E-state index contributed by atoms with van der Waals surface area (Å²) in [4.78, 5) is 0. The van der Waals surface area contributed by atoms with Crippen LogP contribution in [0, 0.1) is 6.92 Å². The van der Waals surface area contributed by atoms with E-state index in [9.17, 15) is 0 Å². The molecule has 0 spiro atoms. The van der Waals surface area contributed by atoms with Crippen molar-refractivity contribution in [2.24, 2.45) is 0 Å². The van der Waals surface area contributed by atoms with Crippen molar-refractivity contribution in [3.63, 3.8) is 0 Å². The summed E-state index contributed by atoms with van der Waals surface area (Å²) in [5.41, 5.74) is 6.53. The third kappa shape index (κ3) is 3.12. The molecule has 1 atom stereocenters.